The molecule has 2 fully saturated rings. The van der Waals surface area contributed by atoms with Crippen LogP contribution in [-0.4, -0.2) is 72.6 Å². The molecule has 2 saturated heterocycles. The Hall–Kier alpha value is -1.61. The van der Waals surface area contributed by atoms with Gasteiger partial charge in [-0.2, -0.15) is 0 Å². The van der Waals surface area contributed by atoms with Crippen LogP contribution in [0.1, 0.15) is 75.2 Å². The van der Waals surface area contributed by atoms with Crippen molar-refractivity contribution in [3.63, 3.8) is 0 Å². The van der Waals surface area contributed by atoms with E-state index in [-0.39, 0.29) is 42.0 Å². The fourth-order valence-corrected chi connectivity index (χ4v) is 5.33. The van der Waals surface area contributed by atoms with Gasteiger partial charge >= 0.3 is 12.2 Å². The number of likely N-dealkylation sites (tertiary alicyclic amines) is 2. The highest BCUT2D eigenvalue weighted by Gasteiger charge is 2.49. The van der Waals surface area contributed by atoms with Gasteiger partial charge in [0.15, 0.2) is 8.32 Å². The average Bonchev–Trinajstić information content (AvgIpc) is 3.13. The average molecular weight is 485 g/mol. The molecular weight excluding hydrogens is 440 g/mol. The third-order valence-corrected chi connectivity index (χ3v) is 11.0. The Balaban J connectivity index is 2.23. The quantitative estimate of drug-likeness (QED) is 0.514. The zero-order valence-electron chi connectivity index (χ0n) is 22.4. The molecule has 0 unspecified atom stereocenters. The van der Waals surface area contributed by atoms with E-state index < -0.39 is 31.7 Å². The van der Waals surface area contributed by atoms with E-state index in [9.17, 15) is 14.4 Å². The molecule has 3 atom stereocenters. The molecule has 2 rings (SSSR count). The van der Waals surface area contributed by atoms with Crippen molar-refractivity contribution in [2.24, 2.45) is 5.92 Å². The molecule has 0 radical (unpaired) electrons. The number of ether oxygens (including phenoxy) is 2. The molecule has 0 aromatic heterocycles. The van der Waals surface area contributed by atoms with Crippen molar-refractivity contribution < 1.29 is 28.3 Å². The van der Waals surface area contributed by atoms with Crippen LogP contribution in [0.25, 0.3) is 0 Å². The van der Waals surface area contributed by atoms with Gasteiger partial charge in [0.05, 0.1) is 6.10 Å². The molecule has 2 aliphatic heterocycles. The number of carbonyl (C=O) groups excluding carboxylic acids is 3. The minimum atomic E-state index is -2.05. The summed E-state index contributed by atoms with van der Waals surface area (Å²) in [6.45, 7) is 22.4. The zero-order valence-corrected chi connectivity index (χ0v) is 23.4. The second-order valence-corrected chi connectivity index (χ2v) is 17.6. The monoisotopic (exact) mass is 484 g/mol. The van der Waals surface area contributed by atoms with Crippen molar-refractivity contribution >= 4 is 26.4 Å². The number of rotatable bonds is 3. The minimum absolute atomic E-state index is 0.0403. The third kappa shape index (κ3) is 7.18. The second-order valence-electron chi connectivity index (χ2n) is 12.9. The van der Waals surface area contributed by atoms with Crippen LogP contribution < -0.4 is 0 Å². The zero-order chi connectivity index (χ0) is 25.6. The highest BCUT2D eigenvalue weighted by Crippen LogP contribution is 2.40. The topological polar surface area (TPSA) is 85.4 Å². The van der Waals surface area contributed by atoms with Crippen LogP contribution in [0.15, 0.2) is 0 Å². The summed E-state index contributed by atoms with van der Waals surface area (Å²) in [4.78, 5) is 41.2. The molecule has 33 heavy (non-hydrogen) atoms. The first kappa shape index (κ1) is 27.6. The predicted octanol–water partition coefficient (Wildman–Crippen LogP) is 5.17. The summed E-state index contributed by atoms with van der Waals surface area (Å²) in [5.41, 5.74) is -1.32. The van der Waals surface area contributed by atoms with Crippen molar-refractivity contribution in [3.8, 4) is 0 Å². The smallest absolute Gasteiger partial charge is 0.417 e. The van der Waals surface area contributed by atoms with Gasteiger partial charge in [0.25, 0.3) is 0 Å². The Morgan fingerprint density at radius 1 is 0.879 bits per heavy atom. The number of nitrogens with zero attached hydrogens (tertiary/aromatic N) is 2. The maximum atomic E-state index is 13.1. The van der Waals surface area contributed by atoms with Crippen molar-refractivity contribution in [2.75, 3.05) is 13.1 Å². The molecule has 0 saturated carbocycles. The largest absolute Gasteiger partial charge is 0.444 e. The summed E-state index contributed by atoms with van der Waals surface area (Å²) in [5.74, 6) is -0.460. The van der Waals surface area contributed by atoms with Gasteiger partial charge in [0.2, 0.25) is 5.91 Å². The lowest BCUT2D eigenvalue weighted by Crippen LogP contribution is -2.45. The molecular formula is C24H44N2O6Si. The van der Waals surface area contributed by atoms with Gasteiger partial charge in [-0.25, -0.2) is 14.5 Å². The van der Waals surface area contributed by atoms with Crippen LogP contribution in [0.5, 0.6) is 0 Å². The fourth-order valence-electron chi connectivity index (χ4n) is 3.97. The second kappa shape index (κ2) is 9.21. The normalized spacial score (nSPS) is 24.9. The van der Waals surface area contributed by atoms with E-state index in [1.54, 1.807) is 25.7 Å². The molecule has 8 nitrogen and oxygen atoms in total. The van der Waals surface area contributed by atoms with E-state index in [1.165, 1.54) is 4.90 Å². The Kier molecular flexibility index (Phi) is 7.71. The van der Waals surface area contributed by atoms with Crippen LogP contribution in [0.2, 0.25) is 18.1 Å². The predicted molar refractivity (Wildman–Crippen MR) is 129 cm³/mol. The van der Waals surface area contributed by atoms with Crippen molar-refractivity contribution in [3.05, 3.63) is 0 Å². The van der Waals surface area contributed by atoms with Gasteiger partial charge < -0.3 is 18.8 Å². The molecule has 0 spiro atoms. The van der Waals surface area contributed by atoms with Gasteiger partial charge in [-0.15, -0.1) is 0 Å². The van der Waals surface area contributed by atoms with Gasteiger partial charge in [-0.05, 0) is 66.1 Å². The molecule has 0 aliphatic carbocycles. The number of amides is 3. The molecule has 0 bridgehead atoms. The van der Waals surface area contributed by atoms with E-state index >= 15 is 0 Å². The Morgan fingerprint density at radius 3 is 1.88 bits per heavy atom. The van der Waals surface area contributed by atoms with Crippen molar-refractivity contribution in [1.29, 1.82) is 0 Å². The van der Waals surface area contributed by atoms with Crippen molar-refractivity contribution in [1.82, 2.24) is 9.80 Å². The van der Waals surface area contributed by atoms with Gasteiger partial charge in [0.1, 0.15) is 11.2 Å². The highest BCUT2D eigenvalue weighted by molar-refractivity contribution is 6.74. The first-order chi connectivity index (χ1) is 14.7. The molecule has 2 aliphatic rings. The first-order valence-electron chi connectivity index (χ1n) is 11.9. The van der Waals surface area contributed by atoms with Gasteiger partial charge in [-0.3, -0.25) is 4.79 Å². The third-order valence-electron chi connectivity index (χ3n) is 6.51. The summed E-state index contributed by atoms with van der Waals surface area (Å²) in [7, 11) is -2.05. The van der Waals surface area contributed by atoms with Crippen LogP contribution in [0, 0.1) is 5.92 Å². The maximum Gasteiger partial charge on any atom is 0.417 e. The van der Waals surface area contributed by atoms with Crippen LogP contribution >= 0.6 is 0 Å². The summed E-state index contributed by atoms with van der Waals surface area (Å²) in [5, 5.41) is 0.0403. The summed E-state index contributed by atoms with van der Waals surface area (Å²) < 4.78 is 17.7. The summed E-state index contributed by atoms with van der Waals surface area (Å²) in [6.07, 6.45) is -0.362. The Morgan fingerprint density at radius 2 is 1.39 bits per heavy atom. The van der Waals surface area contributed by atoms with Crippen molar-refractivity contribution in [2.45, 2.75) is 117 Å². The lowest BCUT2D eigenvalue weighted by atomic mass is 9.96. The molecule has 0 aromatic rings. The van der Waals surface area contributed by atoms with E-state index in [1.807, 2.05) is 20.8 Å². The Labute approximate surface area is 200 Å². The number of hydrogen-bond donors (Lipinski definition) is 0. The lowest BCUT2D eigenvalue weighted by molar-refractivity contribution is -0.127. The lowest BCUT2D eigenvalue weighted by Gasteiger charge is -2.38. The molecule has 0 N–H and O–H groups in total. The molecule has 190 valence electrons. The number of hydrogen-bond acceptors (Lipinski definition) is 6. The molecule has 2 heterocycles. The standard InChI is InChI=1S/C24H44N2O6Si/c1-22(2,3)30-20(28)25-15-17(32-33(10,11)24(7,8)9)13-18(25)16-12-19(27)26(14-16)21(29)31-23(4,5)6/h16-18H,12-15H2,1-11H3/t16-,17+,18-/m0/s1. The molecule has 0 aromatic carbocycles. The van der Waals surface area contributed by atoms with E-state index in [0.717, 1.165) is 0 Å². The first-order valence-corrected chi connectivity index (χ1v) is 14.8. The van der Waals surface area contributed by atoms with Crippen LogP contribution in [-0.2, 0) is 18.7 Å². The SMILES string of the molecule is CC(C)(C)OC(=O)N1C[C@@H]([C@@H]2C[C@@H](O[Si](C)(C)C(C)(C)C)CN2C(=O)OC(C)(C)C)CC1=O. The highest BCUT2D eigenvalue weighted by atomic mass is 28.4. The van der Waals surface area contributed by atoms with Gasteiger partial charge in [0, 0.05) is 31.5 Å². The van der Waals surface area contributed by atoms with E-state index in [0.29, 0.717) is 13.0 Å². The van der Waals surface area contributed by atoms with Gasteiger partial charge in [-0.1, -0.05) is 20.8 Å². The number of imide groups is 1. The molecule has 3 amide bonds. The summed E-state index contributed by atoms with van der Waals surface area (Å²) >= 11 is 0. The minimum Gasteiger partial charge on any atom is -0.444 e. The molecule has 9 heteroatoms. The number of carbonyl (C=O) groups is 3. The fraction of sp³-hybridized carbons (Fsp3) is 0.875. The van der Waals surface area contributed by atoms with Crippen LogP contribution in [0.3, 0.4) is 0 Å². The Bertz CT molecular complexity index is 762. The van der Waals surface area contributed by atoms with E-state index in [4.69, 9.17) is 13.9 Å². The van der Waals surface area contributed by atoms with E-state index in [2.05, 4.69) is 33.9 Å². The maximum absolute atomic E-state index is 13.1. The van der Waals surface area contributed by atoms with Crippen LogP contribution in [0.4, 0.5) is 9.59 Å². The summed E-state index contributed by atoms with van der Waals surface area (Å²) in [6, 6.07) is -0.244.